The normalized spacial score (nSPS) is 17.7. The fraction of sp³-hybridized carbons (Fsp3) is 0.0714. The molecule has 0 fully saturated rings. The average Bonchev–Trinajstić information content (AvgIpc) is 2.66. The number of aliphatic hydroxyl groups excluding tert-OH is 1. The van der Waals surface area contributed by atoms with Gasteiger partial charge in [0.15, 0.2) is 0 Å². The number of rotatable bonds is 1. The van der Waals surface area contributed by atoms with Gasteiger partial charge in [-0.1, -0.05) is 42.5 Å². The lowest BCUT2D eigenvalue weighted by molar-refractivity contribution is -0.0547. The molecule has 2 aromatic carbocycles. The van der Waals surface area contributed by atoms with Gasteiger partial charge in [-0.15, -0.1) is 0 Å². The van der Waals surface area contributed by atoms with Crippen molar-refractivity contribution in [3.63, 3.8) is 0 Å². The summed E-state index contributed by atoms with van der Waals surface area (Å²) in [6.07, 6.45) is -1.12. The van der Waals surface area contributed by atoms with Crippen LogP contribution in [0.25, 0.3) is 11.1 Å². The fourth-order valence-electron chi connectivity index (χ4n) is 1.99. The summed E-state index contributed by atoms with van der Waals surface area (Å²) in [5.41, 5.74) is 2.95. The molecule has 1 aliphatic rings. The minimum absolute atomic E-state index is 0.443. The van der Waals surface area contributed by atoms with Crippen molar-refractivity contribution in [1.82, 2.24) is 0 Å². The average molecular weight is 226 g/mol. The van der Waals surface area contributed by atoms with E-state index < -0.39 is 12.3 Å². The van der Waals surface area contributed by atoms with Crippen LogP contribution in [0.15, 0.2) is 48.5 Å². The first kappa shape index (κ1) is 10.1. The maximum atomic E-state index is 11.5. The Morgan fingerprint density at radius 1 is 1.00 bits per heavy atom. The Hall–Kier alpha value is -2.13. The highest BCUT2D eigenvalue weighted by atomic mass is 16.6. The van der Waals surface area contributed by atoms with Gasteiger partial charge in [-0.25, -0.2) is 4.79 Å². The molecule has 3 nitrogen and oxygen atoms in total. The van der Waals surface area contributed by atoms with Crippen LogP contribution < -0.4 is 0 Å². The van der Waals surface area contributed by atoms with Crippen molar-refractivity contribution < 1.29 is 14.6 Å². The van der Waals surface area contributed by atoms with Gasteiger partial charge in [0.1, 0.15) is 0 Å². The molecule has 0 amide bonds. The quantitative estimate of drug-likeness (QED) is 0.760. The third kappa shape index (κ3) is 1.61. The minimum atomic E-state index is -1.12. The summed E-state index contributed by atoms with van der Waals surface area (Å²) in [6, 6.07) is 15.1. The van der Waals surface area contributed by atoms with Gasteiger partial charge in [0.05, 0.1) is 5.56 Å². The predicted octanol–water partition coefficient (Wildman–Crippen LogP) is 2.51. The summed E-state index contributed by atoms with van der Waals surface area (Å²) in [7, 11) is 0. The predicted molar refractivity (Wildman–Crippen MR) is 62.3 cm³/mol. The number of cyclic esters (lactones) is 1. The summed E-state index contributed by atoms with van der Waals surface area (Å²) < 4.78 is 4.74. The van der Waals surface area contributed by atoms with Gasteiger partial charge in [-0.3, -0.25) is 0 Å². The molecule has 0 aromatic heterocycles. The van der Waals surface area contributed by atoms with Crippen molar-refractivity contribution in [2.45, 2.75) is 6.29 Å². The maximum Gasteiger partial charge on any atom is 0.341 e. The van der Waals surface area contributed by atoms with Gasteiger partial charge >= 0.3 is 5.97 Å². The molecule has 1 N–H and O–H groups in total. The Kier molecular flexibility index (Phi) is 2.20. The molecule has 0 saturated heterocycles. The lowest BCUT2D eigenvalue weighted by Gasteiger charge is -2.03. The second kappa shape index (κ2) is 3.71. The molecule has 2 aromatic rings. The fourth-order valence-corrected chi connectivity index (χ4v) is 1.99. The van der Waals surface area contributed by atoms with Crippen LogP contribution in [0.1, 0.15) is 22.2 Å². The van der Waals surface area contributed by atoms with E-state index in [2.05, 4.69) is 0 Å². The third-order valence-electron chi connectivity index (χ3n) is 2.87. The number of carbonyl (C=O) groups excluding carboxylic acids is 1. The van der Waals surface area contributed by atoms with Crippen LogP contribution in [-0.4, -0.2) is 11.1 Å². The van der Waals surface area contributed by atoms with Crippen molar-refractivity contribution >= 4 is 5.97 Å². The second-order valence-electron chi connectivity index (χ2n) is 3.93. The molecule has 17 heavy (non-hydrogen) atoms. The van der Waals surface area contributed by atoms with Crippen LogP contribution in [0.5, 0.6) is 0 Å². The van der Waals surface area contributed by atoms with E-state index in [0.717, 1.165) is 11.1 Å². The number of aliphatic hydroxyl groups is 1. The Labute approximate surface area is 98.3 Å². The number of benzene rings is 2. The Bertz CT molecular complexity index is 575. The van der Waals surface area contributed by atoms with Crippen LogP contribution in [0.3, 0.4) is 0 Å². The molecule has 0 spiro atoms. The molecule has 1 atom stereocenters. The largest absolute Gasteiger partial charge is 0.428 e. The lowest BCUT2D eigenvalue weighted by Crippen LogP contribution is -1.96. The van der Waals surface area contributed by atoms with E-state index in [0.29, 0.717) is 11.1 Å². The third-order valence-corrected chi connectivity index (χ3v) is 2.87. The highest BCUT2D eigenvalue weighted by Gasteiger charge is 2.29. The molecule has 0 bridgehead atoms. The summed E-state index contributed by atoms with van der Waals surface area (Å²) in [5.74, 6) is -0.467. The zero-order valence-corrected chi connectivity index (χ0v) is 8.96. The number of carbonyl (C=O) groups is 1. The SMILES string of the molecule is O=C1OC(O)c2ccc(-c3ccccc3)cc21. The summed E-state index contributed by atoms with van der Waals surface area (Å²) >= 11 is 0. The van der Waals surface area contributed by atoms with Crippen molar-refractivity contribution in [2.75, 3.05) is 0 Å². The van der Waals surface area contributed by atoms with Crippen molar-refractivity contribution in [3.8, 4) is 11.1 Å². The second-order valence-corrected chi connectivity index (χ2v) is 3.93. The minimum Gasteiger partial charge on any atom is -0.428 e. The lowest BCUT2D eigenvalue weighted by atomic mass is 10.00. The zero-order valence-electron chi connectivity index (χ0n) is 8.96. The van der Waals surface area contributed by atoms with E-state index in [1.54, 1.807) is 12.1 Å². The number of hydrogen-bond acceptors (Lipinski definition) is 3. The van der Waals surface area contributed by atoms with E-state index in [-0.39, 0.29) is 0 Å². The molecule has 0 radical (unpaired) electrons. The Morgan fingerprint density at radius 3 is 2.53 bits per heavy atom. The van der Waals surface area contributed by atoms with E-state index in [9.17, 15) is 9.90 Å². The number of fused-ring (bicyclic) bond motifs is 1. The van der Waals surface area contributed by atoms with E-state index in [1.807, 2.05) is 36.4 Å². The molecule has 3 rings (SSSR count). The van der Waals surface area contributed by atoms with Gasteiger partial charge in [0.2, 0.25) is 6.29 Å². The maximum absolute atomic E-state index is 11.5. The molecule has 3 heteroatoms. The Balaban J connectivity index is 2.11. The number of ether oxygens (including phenoxy) is 1. The van der Waals surface area contributed by atoms with Crippen LogP contribution in [-0.2, 0) is 4.74 Å². The number of esters is 1. The topological polar surface area (TPSA) is 46.5 Å². The van der Waals surface area contributed by atoms with Gasteiger partial charge in [-0.2, -0.15) is 0 Å². The zero-order chi connectivity index (χ0) is 11.8. The van der Waals surface area contributed by atoms with Gasteiger partial charge in [-0.05, 0) is 17.2 Å². The first-order chi connectivity index (χ1) is 8.25. The monoisotopic (exact) mass is 226 g/mol. The first-order valence-electron chi connectivity index (χ1n) is 5.34. The van der Waals surface area contributed by atoms with Crippen LogP contribution >= 0.6 is 0 Å². The summed E-state index contributed by atoms with van der Waals surface area (Å²) in [6.45, 7) is 0. The smallest absolute Gasteiger partial charge is 0.341 e. The Morgan fingerprint density at radius 2 is 1.76 bits per heavy atom. The molecule has 0 saturated carbocycles. The van der Waals surface area contributed by atoms with E-state index in [4.69, 9.17) is 4.74 Å². The van der Waals surface area contributed by atoms with E-state index in [1.165, 1.54) is 0 Å². The van der Waals surface area contributed by atoms with Crippen molar-refractivity contribution in [1.29, 1.82) is 0 Å². The van der Waals surface area contributed by atoms with Crippen LogP contribution in [0.2, 0.25) is 0 Å². The summed E-state index contributed by atoms with van der Waals surface area (Å²) in [4.78, 5) is 11.5. The van der Waals surface area contributed by atoms with Crippen molar-refractivity contribution in [3.05, 3.63) is 59.7 Å². The highest BCUT2D eigenvalue weighted by molar-refractivity contribution is 5.95. The van der Waals surface area contributed by atoms with Gasteiger partial charge < -0.3 is 9.84 Å². The molecule has 1 heterocycles. The highest BCUT2D eigenvalue weighted by Crippen LogP contribution is 2.31. The van der Waals surface area contributed by atoms with Crippen molar-refractivity contribution in [2.24, 2.45) is 0 Å². The molecule has 0 aliphatic carbocycles. The molecule has 1 unspecified atom stereocenters. The number of hydrogen-bond donors (Lipinski definition) is 1. The molecule has 84 valence electrons. The van der Waals surface area contributed by atoms with Gasteiger partial charge in [0, 0.05) is 5.56 Å². The van der Waals surface area contributed by atoms with Crippen LogP contribution in [0.4, 0.5) is 0 Å². The standard InChI is InChI=1S/C14H10O3/c15-13-11-7-6-10(8-12(11)14(16)17-13)9-4-2-1-3-5-9/h1-8,13,15H. The van der Waals surface area contributed by atoms with Crippen LogP contribution in [0, 0.1) is 0 Å². The summed E-state index contributed by atoms with van der Waals surface area (Å²) in [5, 5.41) is 9.47. The van der Waals surface area contributed by atoms with Gasteiger partial charge in [0.25, 0.3) is 0 Å². The van der Waals surface area contributed by atoms with E-state index >= 15 is 0 Å². The molecular weight excluding hydrogens is 216 g/mol. The first-order valence-corrected chi connectivity index (χ1v) is 5.34. The molecular formula is C14H10O3. The molecule has 1 aliphatic heterocycles.